The molecule has 1 aromatic heterocycles. The third-order valence-corrected chi connectivity index (χ3v) is 5.35. The van der Waals surface area contributed by atoms with Gasteiger partial charge in [-0.15, -0.1) is 0 Å². The molecule has 2 heterocycles. The maximum absolute atomic E-state index is 5.95. The van der Waals surface area contributed by atoms with E-state index in [1.54, 1.807) is 0 Å². The standard InChI is InChI=1S/C14H26BrN5/c1-4-14(3,19-8-6-7-9-19)13(18-16)12-11(15)10-17-20(12)5-2/h10,13,18H,4-9,16H2,1-3H3. The SMILES string of the molecule is CCn1ncc(Br)c1C(NN)C(C)(CC)N1CCCC1. The molecule has 0 aromatic carbocycles. The van der Waals surface area contributed by atoms with Crippen LogP contribution in [0.5, 0.6) is 0 Å². The number of hydrazine groups is 1. The number of nitrogens with zero attached hydrogens (tertiary/aromatic N) is 3. The summed E-state index contributed by atoms with van der Waals surface area (Å²) in [5, 5.41) is 4.43. The van der Waals surface area contributed by atoms with Gasteiger partial charge in [-0.3, -0.25) is 15.4 Å². The van der Waals surface area contributed by atoms with Crippen LogP contribution in [0.15, 0.2) is 10.7 Å². The largest absolute Gasteiger partial charge is 0.296 e. The zero-order valence-electron chi connectivity index (χ0n) is 12.7. The Morgan fingerprint density at radius 2 is 2.10 bits per heavy atom. The average Bonchev–Trinajstić information content (AvgIpc) is 3.10. The molecule has 3 N–H and O–H groups in total. The molecule has 1 aliphatic rings. The summed E-state index contributed by atoms with van der Waals surface area (Å²) in [4.78, 5) is 2.57. The summed E-state index contributed by atoms with van der Waals surface area (Å²) >= 11 is 3.63. The van der Waals surface area contributed by atoms with Crippen molar-refractivity contribution < 1.29 is 0 Å². The number of hydrogen-bond donors (Lipinski definition) is 2. The lowest BCUT2D eigenvalue weighted by Crippen LogP contribution is -2.55. The minimum absolute atomic E-state index is 0.000718. The van der Waals surface area contributed by atoms with Gasteiger partial charge in [-0.25, -0.2) is 5.43 Å². The van der Waals surface area contributed by atoms with Gasteiger partial charge in [0.2, 0.25) is 0 Å². The predicted molar refractivity (Wildman–Crippen MR) is 85.2 cm³/mol. The van der Waals surface area contributed by atoms with E-state index in [0.717, 1.165) is 36.2 Å². The molecular formula is C14H26BrN5. The Hall–Kier alpha value is -0.430. The van der Waals surface area contributed by atoms with E-state index < -0.39 is 0 Å². The molecular weight excluding hydrogens is 318 g/mol. The molecule has 20 heavy (non-hydrogen) atoms. The van der Waals surface area contributed by atoms with Crippen molar-refractivity contribution in [3.05, 3.63) is 16.4 Å². The molecule has 0 spiro atoms. The molecule has 0 amide bonds. The predicted octanol–water partition coefficient (Wildman–Crippen LogP) is 2.43. The van der Waals surface area contributed by atoms with Gasteiger partial charge in [0, 0.05) is 12.1 Å². The second kappa shape index (κ2) is 6.56. The molecule has 0 bridgehead atoms. The Labute approximate surface area is 130 Å². The minimum atomic E-state index is 0.000718. The molecule has 1 saturated heterocycles. The first-order chi connectivity index (χ1) is 9.58. The van der Waals surface area contributed by atoms with Crippen molar-refractivity contribution in [2.24, 2.45) is 5.84 Å². The van der Waals surface area contributed by atoms with Gasteiger partial charge in [0.15, 0.2) is 0 Å². The average molecular weight is 344 g/mol. The highest BCUT2D eigenvalue weighted by Gasteiger charge is 2.42. The second-order valence-corrected chi connectivity index (χ2v) is 6.55. The van der Waals surface area contributed by atoms with Crippen molar-refractivity contribution in [1.82, 2.24) is 20.1 Å². The lowest BCUT2D eigenvalue weighted by molar-refractivity contribution is 0.0799. The van der Waals surface area contributed by atoms with Crippen molar-refractivity contribution in [3.8, 4) is 0 Å². The molecule has 6 heteroatoms. The van der Waals surface area contributed by atoms with Gasteiger partial charge in [-0.2, -0.15) is 5.10 Å². The Bertz CT molecular complexity index is 441. The summed E-state index contributed by atoms with van der Waals surface area (Å²) in [6, 6.07) is 0.0578. The summed E-state index contributed by atoms with van der Waals surface area (Å²) in [6.45, 7) is 9.81. The normalized spacial score (nSPS) is 21.1. The second-order valence-electron chi connectivity index (χ2n) is 5.70. The fourth-order valence-corrected chi connectivity index (χ4v) is 3.83. The Morgan fingerprint density at radius 3 is 2.60 bits per heavy atom. The Balaban J connectivity index is 2.40. The number of likely N-dealkylation sites (tertiary alicyclic amines) is 1. The van der Waals surface area contributed by atoms with E-state index in [-0.39, 0.29) is 11.6 Å². The molecule has 2 atom stereocenters. The van der Waals surface area contributed by atoms with E-state index in [9.17, 15) is 0 Å². The van der Waals surface area contributed by atoms with Gasteiger partial charge in [0.05, 0.1) is 22.4 Å². The highest BCUT2D eigenvalue weighted by atomic mass is 79.9. The zero-order chi connectivity index (χ0) is 14.8. The van der Waals surface area contributed by atoms with Crippen LogP contribution < -0.4 is 11.3 Å². The van der Waals surface area contributed by atoms with Crippen molar-refractivity contribution >= 4 is 15.9 Å². The monoisotopic (exact) mass is 343 g/mol. The number of nitrogens with one attached hydrogen (secondary N) is 1. The van der Waals surface area contributed by atoms with E-state index in [1.165, 1.54) is 12.8 Å². The molecule has 5 nitrogen and oxygen atoms in total. The smallest absolute Gasteiger partial charge is 0.0821 e. The van der Waals surface area contributed by atoms with Gasteiger partial charge in [0.1, 0.15) is 0 Å². The number of hydrogen-bond acceptors (Lipinski definition) is 4. The molecule has 1 aromatic rings. The van der Waals surface area contributed by atoms with Crippen LogP contribution in [0.2, 0.25) is 0 Å². The highest BCUT2D eigenvalue weighted by molar-refractivity contribution is 9.10. The summed E-state index contributed by atoms with van der Waals surface area (Å²) in [5.74, 6) is 5.95. The molecule has 114 valence electrons. The molecule has 0 radical (unpaired) electrons. The first kappa shape index (κ1) is 15.9. The lowest BCUT2D eigenvalue weighted by Gasteiger charge is -2.44. The summed E-state index contributed by atoms with van der Waals surface area (Å²) in [5.41, 5.74) is 4.20. The molecule has 0 saturated carbocycles. The van der Waals surface area contributed by atoms with Crippen LogP contribution in [0.3, 0.4) is 0 Å². The number of nitrogens with two attached hydrogens (primary N) is 1. The van der Waals surface area contributed by atoms with Crippen molar-refractivity contribution in [1.29, 1.82) is 0 Å². The van der Waals surface area contributed by atoms with Gasteiger partial charge in [-0.05, 0) is 62.1 Å². The molecule has 1 fully saturated rings. The van der Waals surface area contributed by atoms with E-state index in [0.29, 0.717) is 0 Å². The number of aryl methyl sites for hydroxylation is 1. The third-order valence-electron chi connectivity index (χ3n) is 4.74. The topological polar surface area (TPSA) is 59.1 Å². The lowest BCUT2D eigenvalue weighted by atomic mass is 9.85. The van der Waals surface area contributed by atoms with Crippen LogP contribution >= 0.6 is 15.9 Å². The van der Waals surface area contributed by atoms with Crippen LogP contribution in [-0.4, -0.2) is 33.3 Å². The van der Waals surface area contributed by atoms with E-state index >= 15 is 0 Å². The highest BCUT2D eigenvalue weighted by Crippen LogP contribution is 2.38. The number of rotatable bonds is 6. The fraction of sp³-hybridized carbons (Fsp3) is 0.786. The van der Waals surface area contributed by atoms with Crippen LogP contribution in [0.4, 0.5) is 0 Å². The van der Waals surface area contributed by atoms with E-state index in [1.807, 2.05) is 10.9 Å². The number of aromatic nitrogens is 2. The maximum atomic E-state index is 5.95. The minimum Gasteiger partial charge on any atom is -0.296 e. The Morgan fingerprint density at radius 1 is 1.45 bits per heavy atom. The fourth-order valence-electron chi connectivity index (χ4n) is 3.30. The van der Waals surface area contributed by atoms with Gasteiger partial charge in [-0.1, -0.05) is 6.92 Å². The zero-order valence-corrected chi connectivity index (χ0v) is 14.3. The molecule has 2 unspecified atom stereocenters. The first-order valence-corrected chi connectivity index (χ1v) is 8.30. The molecule has 0 aliphatic carbocycles. The molecule has 2 rings (SSSR count). The van der Waals surface area contributed by atoms with Crippen molar-refractivity contribution in [2.45, 2.75) is 58.2 Å². The van der Waals surface area contributed by atoms with Crippen LogP contribution in [0.1, 0.15) is 51.8 Å². The van der Waals surface area contributed by atoms with E-state index in [4.69, 9.17) is 5.84 Å². The molecule has 1 aliphatic heterocycles. The van der Waals surface area contributed by atoms with Crippen molar-refractivity contribution in [2.75, 3.05) is 13.1 Å². The van der Waals surface area contributed by atoms with Crippen LogP contribution in [0, 0.1) is 0 Å². The quantitative estimate of drug-likeness (QED) is 0.615. The summed E-state index contributed by atoms with van der Waals surface area (Å²) in [6.07, 6.45) is 5.47. The third kappa shape index (κ3) is 2.66. The van der Waals surface area contributed by atoms with Gasteiger partial charge in [0.25, 0.3) is 0 Å². The number of halogens is 1. The van der Waals surface area contributed by atoms with Crippen LogP contribution in [0.25, 0.3) is 0 Å². The summed E-state index contributed by atoms with van der Waals surface area (Å²) in [7, 11) is 0. The van der Waals surface area contributed by atoms with Gasteiger partial charge >= 0.3 is 0 Å². The van der Waals surface area contributed by atoms with Gasteiger partial charge < -0.3 is 0 Å². The first-order valence-electron chi connectivity index (χ1n) is 7.50. The maximum Gasteiger partial charge on any atom is 0.0821 e. The van der Waals surface area contributed by atoms with Crippen molar-refractivity contribution in [3.63, 3.8) is 0 Å². The Kier molecular flexibility index (Phi) is 5.23. The van der Waals surface area contributed by atoms with Crippen LogP contribution in [-0.2, 0) is 6.54 Å². The summed E-state index contributed by atoms with van der Waals surface area (Å²) < 4.78 is 3.06. The van der Waals surface area contributed by atoms with E-state index in [2.05, 4.69) is 52.1 Å².